The van der Waals surface area contributed by atoms with Crippen LogP contribution in [0.25, 0.3) is 0 Å². The lowest BCUT2D eigenvalue weighted by atomic mass is 10.1. The molecule has 0 radical (unpaired) electrons. The van der Waals surface area contributed by atoms with Crippen molar-refractivity contribution in [3.8, 4) is 0 Å². The molecule has 1 unspecified atom stereocenters. The minimum absolute atomic E-state index is 0.0794. The van der Waals surface area contributed by atoms with E-state index in [2.05, 4.69) is 10.1 Å². The van der Waals surface area contributed by atoms with Crippen molar-refractivity contribution in [3.63, 3.8) is 0 Å². The fraction of sp³-hybridized carbons (Fsp3) is 0.533. The second kappa shape index (κ2) is 8.27. The van der Waals surface area contributed by atoms with Crippen LogP contribution in [0.3, 0.4) is 0 Å². The molecule has 0 aromatic heterocycles. The molecule has 0 fully saturated rings. The van der Waals surface area contributed by atoms with Gasteiger partial charge >= 0.3 is 5.97 Å². The number of rotatable bonds is 7. The number of esters is 1. The van der Waals surface area contributed by atoms with Crippen LogP contribution in [0, 0.1) is 12.7 Å². The first-order valence-electron chi connectivity index (χ1n) is 6.72. The van der Waals surface area contributed by atoms with Crippen LogP contribution in [0.5, 0.6) is 0 Å². The summed E-state index contributed by atoms with van der Waals surface area (Å²) in [5, 5.41) is 3.29. The van der Waals surface area contributed by atoms with E-state index in [9.17, 15) is 9.18 Å². The Morgan fingerprint density at radius 2 is 2.20 bits per heavy atom. The first-order chi connectivity index (χ1) is 9.49. The van der Waals surface area contributed by atoms with Crippen molar-refractivity contribution < 1.29 is 13.9 Å². The van der Waals surface area contributed by atoms with Gasteiger partial charge in [-0.2, -0.15) is 0 Å². The molecule has 0 aliphatic carbocycles. The highest BCUT2D eigenvalue weighted by Crippen LogP contribution is 2.30. The van der Waals surface area contributed by atoms with Crippen molar-refractivity contribution in [1.82, 2.24) is 5.32 Å². The summed E-state index contributed by atoms with van der Waals surface area (Å²) < 4.78 is 18.4. The zero-order chi connectivity index (χ0) is 15.1. The van der Waals surface area contributed by atoms with E-state index in [-0.39, 0.29) is 17.8 Å². The molecule has 0 aliphatic rings. The Balaban J connectivity index is 2.86. The first-order valence-corrected chi connectivity index (χ1v) is 7.71. The Kier molecular flexibility index (Phi) is 7.02. The van der Waals surface area contributed by atoms with E-state index in [1.54, 1.807) is 24.8 Å². The molecule has 0 heterocycles. The average molecular weight is 299 g/mol. The van der Waals surface area contributed by atoms with Crippen molar-refractivity contribution in [2.45, 2.75) is 38.1 Å². The molecule has 1 aromatic carbocycles. The molecular weight excluding hydrogens is 277 g/mol. The van der Waals surface area contributed by atoms with Crippen LogP contribution >= 0.6 is 11.8 Å². The van der Waals surface area contributed by atoms with Crippen LogP contribution in [-0.2, 0) is 9.53 Å². The Morgan fingerprint density at radius 3 is 2.80 bits per heavy atom. The summed E-state index contributed by atoms with van der Waals surface area (Å²) in [5.74, 6) is 0.212. The number of methoxy groups -OCH3 is 1. The Bertz CT molecular complexity index is 465. The highest BCUT2D eigenvalue weighted by molar-refractivity contribution is 7.99. The summed E-state index contributed by atoms with van der Waals surface area (Å²) >= 11 is 1.56. The molecule has 5 heteroatoms. The summed E-state index contributed by atoms with van der Waals surface area (Å²) in [4.78, 5) is 12.2. The minimum Gasteiger partial charge on any atom is -0.469 e. The van der Waals surface area contributed by atoms with Crippen molar-refractivity contribution in [2.75, 3.05) is 19.4 Å². The molecule has 1 rings (SSSR count). The van der Waals surface area contributed by atoms with E-state index in [1.165, 1.54) is 7.11 Å². The maximum Gasteiger partial charge on any atom is 0.306 e. The highest BCUT2D eigenvalue weighted by atomic mass is 32.2. The molecule has 0 bridgehead atoms. The third kappa shape index (κ3) is 4.80. The number of hydrogen-bond donors (Lipinski definition) is 1. The van der Waals surface area contributed by atoms with E-state index >= 15 is 0 Å². The summed E-state index contributed by atoms with van der Waals surface area (Å²) in [6.45, 7) is 6.60. The number of ether oxygens (including phenoxy) is 1. The molecule has 1 atom stereocenters. The van der Waals surface area contributed by atoms with Crippen LogP contribution in [-0.4, -0.2) is 25.4 Å². The number of aryl methyl sites for hydroxylation is 1. The van der Waals surface area contributed by atoms with Gasteiger partial charge in [-0.15, -0.1) is 11.8 Å². The Labute approximate surface area is 124 Å². The summed E-state index contributed by atoms with van der Waals surface area (Å²) in [6.07, 6.45) is 0.354. The number of carbonyl (C=O) groups excluding carboxylic acids is 1. The smallest absolute Gasteiger partial charge is 0.306 e. The van der Waals surface area contributed by atoms with Gasteiger partial charge in [-0.3, -0.25) is 4.79 Å². The normalized spacial score (nSPS) is 12.2. The van der Waals surface area contributed by atoms with Gasteiger partial charge in [-0.25, -0.2) is 4.39 Å². The van der Waals surface area contributed by atoms with Gasteiger partial charge in [-0.1, -0.05) is 6.92 Å². The van der Waals surface area contributed by atoms with Gasteiger partial charge in [0.15, 0.2) is 0 Å². The second-order valence-electron chi connectivity index (χ2n) is 4.59. The van der Waals surface area contributed by atoms with Gasteiger partial charge in [0, 0.05) is 16.7 Å². The second-order valence-corrected chi connectivity index (χ2v) is 5.73. The predicted octanol–water partition coefficient (Wildman–Crippen LogP) is 3.46. The minimum atomic E-state index is -0.224. The summed E-state index contributed by atoms with van der Waals surface area (Å²) in [5.41, 5.74) is 1.56. The van der Waals surface area contributed by atoms with Crippen molar-refractivity contribution in [1.29, 1.82) is 0 Å². The molecular formula is C15H22FNO2S. The molecule has 0 amide bonds. The first kappa shape index (κ1) is 17.0. The van der Waals surface area contributed by atoms with E-state index in [0.717, 1.165) is 17.0 Å². The monoisotopic (exact) mass is 299 g/mol. The van der Waals surface area contributed by atoms with Crippen LogP contribution in [0.15, 0.2) is 17.0 Å². The molecule has 112 valence electrons. The van der Waals surface area contributed by atoms with E-state index < -0.39 is 0 Å². The zero-order valence-electron chi connectivity index (χ0n) is 12.5. The largest absolute Gasteiger partial charge is 0.469 e. The third-order valence-electron chi connectivity index (χ3n) is 3.06. The van der Waals surface area contributed by atoms with Gasteiger partial charge in [0.1, 0.15) is 5.82 Å². The molecule has 1 N–H and O–H groups in total. The lowest BCUT2D eigenvalue weighted by Gasteiger charge is -2.18. The van der Waals surface area contributed by atoms with Crippen molar-refractivity contribution >= 4 is 17.7 Å². The predicted molar refractivity (Wildman–Crippen MR) is 80.6 cm³/mol. The van der Waals surface area contributed by atoms with E-state index in [0.29, 0.717) is 17.7 Å². The maximum absolute atomic E-state index is 13.8. The van der Waals surface area contributed by atoms with Crippen LogP contribution in [0.2, 0.25) is 0 Å². The number of benzene rings is 1. The molecule has 0 aliphatic heterocycles. The highest BCUT2D eigenvalue weighted by Gasteiger charge is 2.14. The Morgan fingerprint density at radius 1 is 1.50 bits per heavy atom. The number of thioether (sulfide) groups is 1. The van der Waals surface area contributed by atoms with E-state index in [1.807, 2.05) is 19.9 Å². The quantitative estimate of drug-likeness (QED) is 0.618. The molecule has 0 spiro atoms. The summed E-state index contributed by atoms with van der Waals surface area (Å²) in [7, 11) is 1.38. The van der Waals surface area contributed by atoms with Crippen LogP contribution in [0.4, 0.5) is 4.39 Å². The fourth-order valence-electron chi connectivity index (χ4n) is 1.90. The van der Waals surface area contributed by atoms with E-state index in [4.69, 9.17) is 0 Å². The average Bonchev–Trinajstić information content (AvgIpc) is 2.42. The van der Waals surface area contributed by atoms with Crippen molar-refractivity contribution in [3.05, 3.63) is 29.1 Å². The third-order valence-corrected chi connectivity index (χ3v) is 4.13. The molecule has 0 saturated carbocycles. The molecule has 20 heavy (non-hydrogen) atoms. The van der Waals surface area contributed by atoms with Gasteiger partial charge in [-0.05, 0) is 43.7 Å². The lowest BCUT2D eigenvalue weighted by molar-refractivity contribution is -0.140. The Hall–Kier alpha value is -1.07. The summed E-state index contributed by atoms with van der Waals surface area (Å²) in [6, 6.07) is 3.51. The van der Waals surface area contributed by atoms with Gasteiger partial charge in [0.05, 0.1) is 13.5 Å². The lowest BCUT2D eigenvalue weighted by Crippen LogP contribution is -2.18. The number of carbonyl (C=O) groups is 1. The number of hydrogen-bond acceptors (Lipinski definition) is 4. The van der Waals surface area contributed by atoms with Crippen LogP contribution < -0.4 is 5.32 Å². The topological polar surface area (TPSA) is 38.3 Å². The number of nitrogens with one attached hydrogen (secondary N) is 1. The molecule has 0 saturated heterocycles. The van der Waals surface area contributed by atoms with Gasteiger partial charge in [0.25, 0.3) is 0 Å². The number of halogens is 1. The van der Waals surface area contributed by atoms with Gasteiger partial charge in [0.2, 0.25) is 0 Å². The standard InChI is InChI=1S/C15H22FNO2S/c1-5-17-11(3)12-9-13(16)10(2)8-14(12)20-7-6-15(18)19-4/h8-9,11,17H,5-7H2,1-4H3. The molecule has 3 nitrogen and oxygen atoms in total. The van der Waals surface area contributed by atoms with Crippen LogP contribution in [0.1, 0.15) is 37.4 Å². The molecule has 1 aromatic rings. The zero-order valence-corrected chi connectivity index (χ0v) is 13.3. The maximum atomic E-state index is 13.8. The van der Waals surface area contributed by atoms with Gasteiger partial charge < -0.3 is 10.1 Å². The van der Waals surface area contributed by atoms with Crippen molar-refractivity contribution in [2.24, 2.45) is 0 Å². The SMILES string of the molecule is CCNC(C)c1cc(F)c(C)cc1SCCC(=O)OC. The fourth-order valence-corrected chi connectivity index (χ4v) is 3.05.